The number of nitrogens with one attached hydrogen (secondary N) is 1. The van der Waals surface area contributed by atoms with Crippen LogP contribution in [-0.2, 0) is 13.0 Å². The van der Waals surface area contributed by atoms with E-state index < -0.39 is 0 Å². The minimum absolute atomic E-state index is 0.192. The molecule has 0 aliphatic carbocycles. The van der Waals surface area contributed by atoms with Crippen LogP contribution in [0.25, 0.3) is 0 Å². The predicted molar refractivity (Wildman–Crippen MR) is 117 cm³/mol. The first-order valence-electron chi connectivity index (χ1n) is 8.71. The Labute approximate surface area is 182 Å². The maximum Gasteiger partial charge on any atom is 0.251 e. The Balaban J connectivity index is 1.55. The molecular weight excluding hydrogens is 461 g/mol. The molecule has 6 heteroatoms. The van der Waals surface area contributed by atoms with E-state index in [1.54, 1.807) is 36.4 Å². The number of carbonyl (C=O) groups is 1. The molecule has 0 saturated carbocycles. The summed E-state index contributed by atoms with van der Waals surface area (Å²) in [5, 5.41) is 3.94. The van der Waals surface area contributed by atoms with E-state index in [0.717, 1.165) is 16.5 Å². The number of rotatable bonds is 7. The van der Waals surface area contributed by atoms with Crippen LogP contribution in [0.3, 0.4) is 0 Å². The van der Waals surface area contributed by atoms with E-state index >= 15 is 0 Å². The zero-order valence-electron chi connectivity index (χ0n) is 14.9. The summed E-state index contributed by atoms with van der Waals surface area (Å²) in [5.41, 5.74) is 2.56. The SMILES string of the molecule is O=C(NCc1ccc(Cl)cc1Cl)c1ccc(OCCc2ccccc2)c(Br)c1. The number of benzene rings is 3. The molecule has 1 N–H and O–H groups in total. The second kappa shape index (κ2) is 9.97. The van der Waals surface area contributed by atoms with Gasteiger partial charge in [0.15, 0.2) is 0 Å². The van der Waals surface area contributed by atoms with Crippen molar-refractivity contribution in [3.05, 3.63) is 97.9 Å². The largest absolute Gasteiger partial charge is 0.492 e. The van der Waals surface area contributed by atoms with Gasteiger partial charge in [0.25, 0.3) is 5.91 Å². The van der Waals surface area contributed by atoms with Gasteiger partial charge in [0.05, 0.1) is 11.1 Å². The van der Waals surface area contributed by atoms with E-state index in [2.05, 4.69) is 33.4 Å². The van der Waals surface area contributed by atoms with E-state index in [1.165, 1.54) is 5.56 Å². The predicted octanol–water partition coefficient (Wildman–Crippen LogP) is 6.31. The van der Waals surface area contributed by atoms with Gasteiger partial charge in [0.1, 0.15) is 5.75 Å². The summed E-state index contributed by atoms with van der Waals surface area (Å²) < 4.78 is 6.56. The summed E-state index contributed by atoms with van der Waals surface area (Å²) in [4.78, 5) is 12.4. The van der Waals surface area contributed by atoms with Crippen molar-refractivity contribution in [2.75, 3.05) is 6.61 Å². The molecule has 0 unspecified atom stereocenters. The van der Waals surface area contributed by atoms with Crippen molar-refractivity contribution in [2.24, 2.45) is 0 Å². The second-order valence-electron chi connectivity index (χ2n) is 6.15. The molecule has 0 aliphatic rings. The highest BCUT2D eigenvalue weighted by atomic mass is 79.9. The van der Waals surface area contributed by atoms with Crippen molar-refractivity contribution in [1.29, 1.82) is 0 Å². The molecule has 0 saturated heterocycles. The van der Waals surface area contributed by atoms with E-state index in [4.69, 9.17) is 27.9 Å². The van der Waals surface area contributed by atoms with Gasteiger partial charge in [-0.25, -0.2) is 0 Å². The normalized spacial score (nSPS) is 10.5. The van der Waals surface area contributed by atoms with Gasteiger partial charge in [-0.15, -0.1) is 0 Å². The maximum absolute atomic E-state index is 12.4. The third kappa shape index (κ3) is 5.74. The number of carbonyl (C=O) groups excluding carboxylic acids is 1. The third-order valence-electron chi connectivity index (χ3n) is 4.14. The lowest BCUT2D eigenvalue weighted by atomic mass is 10.1. The Morgan fingerprint density at radius 2 is 1.79 bits per heavy atom. The molecule has 3 rings (SSSR count). The van der Waals surface area contributed by atoms with Crippen molar-refractivity contribution in [2.45, 2.75) is 13.0 Å². The average Bonchev–Trinajstić information content (AvgIpc) is 2.69. The first-order chi connectivity index (χ1) is 13.5. The molecule has 0 fully saturated rings. The molecule has 144 valence electrons. The smallest absolute Gasteiger partial charge is 0.251 e. The number of hydrogen-bond acceptors (Lipinski definition) is 2. The minimum Gasteiger partial charge on any atom is -0.492 e. The van der Waals surface area contributed by atoms with Gasteiger partial charge in [-0.05, 0) is 57.4 Å². The number of ether oxygens (including phenoxy) is 1. The minimum atomic E-state index is -0.192. The molecule has 3 aromatic carbocycles. The van der Waals surface area contributed by atoms with Gasteiger partial charge in [0, 0.05) is 28.6 Å². The van der Waals surface area contributed by atoms with E-state index in [0.29, 0.717) is 34.5 Å². The molecular formula is C22H18BrCl2NO2. The van der Waals surface area contributed by atoms with E-state index in [9.17, 15) is 4.79 Å². The summed E-state index contributed by atoms with van der Waals surface area (Å²) in [7, 11) is 0. The molecule has 0 radical (unpaired) electrons. The Morgan fingerprint density at radius 3 is 2.50 bits per heavy atom. The van der Waals surface area contributed by atoms with E-state index in [-0.39, 0.29) is 5.91 Å². The highest BCUT2D eigenvalue weighted by molar-refractivity contribution is 9.10. The average molecular weight is 479 g/mol. The summed E-state index contributed by atoms with van der Waals surface area (Å²) >= 11 is 15.5. The quantitative estimate of drug-likeness (QED) is 0.432. The first kappa shape index (κ1) is 20.7. The summed E-state index contributed by atoms with van der Waals surface area (Å²) in [5.74, 6) is 0.510. The standard InChI is InChI=1S/C22H18BrCl2NO2/c23-19-12-16(22(27)26-14-17-6-8-18(24)13-20(17)25)7-9-21(19)28-11-10-15-4-2-1-3-5-15/h1-9,12-13H,10-11,14H2,(H,26,27). The Bertz CT molecular complexity index is 964. The van der Waals surface area contributed by atoms with Gasteiger partial charge in [-0.1, -0.05) is 59.6 Å². The monoisotopic (exact) mass is 477 g/mol. The lowest BCUT2D eigenvalue weighted by Crippen LogP contribution is -2.23. The van der Waals surface area contributed by atoms with Gasteiger partial charge < -0.3 is 10.1 Å². The Kier molecular flexibility index (Phi) is 7.37. The molecule has 0 spiro atoms. The number of halogens is 3. The topological polar surface area (TPSA) is 38.3 Å². The Hall–Kier alpha value is -2.01. The van der Waals surface area contributed by atoms with Crippen LogP contribution in [0.2, 0.25) is 10.0 Å². The first-order valence-corrected chi connectivity index (χ1v) is 10.3. The van der Waals surface area contributed by atoms with Crippen LogP contribution in [0.1, 0.15) is 21.5 Å². The maximum atomic E-state index is 12.4. The molecule has 28 heavy (non-hydrogen) atoms. The lowest BCUT2D eigenvalue weighted by molar-refractivity contribution is 0.0951. The fourth-order valence-electron chi connectivity index (χ4n) is 2.63. The summed E-state index contributed by atoms with van der Waals surface area (Å²) in [6.45, 7) is 0.880. The fourth-order valence-corrected chi connectivity index (χ4v) is 3.59. The van der Waals surface area contributed by atoms with Crippen LogP contribution in [0, 0.1) is 0 Å². The van der Waals surface area contributed by atoms with Crippen molar-refractivity contribution in [1.82, 2.24) is 5.32 Å². The van der Waals surface area contributed by atoms with Gasteiger partial charge >= 0.3 is 0 Å². The zero-order valence-corrected chi connectivity index (χ0v) is 18.0. The van der Waals surface area contributed by atoms with Gasteiger partial charge in [-0.3, -0.25) is 4.79 Å². The van der Waals surface area contributed by atoms with Crippen LogP contribution in [-0.4, -0.2) is 12.5 Å². The third-order valence-corrected chi connectivity index (χ3v) is 5.35. The van der Waals surface area contributed by atoms with Crippen LogP contribution in [0.4, 0.5) is 0 Å². The van der Waals surface area contributed by atoms with Crippen LogP contribution < -0.4 is 10.1 Å². The molecule has 0 bridgehead atoms. The molecule has 0 heterocycles. The molecule has 0 atom stereocenters. The lowest BCUT2D eigenvalue weighted by Gasteiger charge is -2.11. The number of hydrogen-bond donors (Lipinski definition) is 1. The molecule has 1 amide bonds. The second-order valence-corrected chi connectivity index (χ2v) is 7.85. The fraction of sp³-hybridized carbons (Fsp3) is 0.136. The molecule has 3 nitrogen and oxygen atoms in total. The Morgan fingerprint density at radius 1 is 1.00 bits per heavy atom. The van der Waals surface area contributed by atoms with Crippen LogP contribution in [0.15, 0.2) is 71.2 Å². The summed E-state index contributed by atoms with van der Waals surface area (Å²) in [6, 6.07) is 20.6. The van der Waals surface area contributed by atoms with Crippen molar-refractivity contribution in [3.63, 3.8) is 0 Å². The molecule has 0 aliphatic heterocycles. The van der Waals surface area contributed by atoms with Crippen LogP contribution in [0.5, 0.6) is 5.75 Å². The highest BCUT2D eigenvalue weighted by Gasteiger charge is 2.10. The van der Waals surface area contributed by atoms with Crippen molar-refractivity contribution in [3.8, 4) is 5.75 Å². The highest BCUT2D eigenvalue weighted by Crippen LogP contribution is 2.26. The van der Waals surface area contributed by atoms with Crippen molar-refractivity contribution >= 4 is 45.0 Å². The molecule has 3 aromatic rings. The van der Waals surface area contributed by atoms with Crippen LogP contribution >= 0.6 is 39.1 Å². The number of amides is 1. The van der Waals surface area contributed by atoms with Gasteiger partial charge in [-0.2, -0.15) is 0 Å². The zero-order chi connectivity index (χ0) is 19.9. The van der Waals surface area contributed by atoms with E-state index in [1.807, 2.05) is 18.2 Å². The van der Waals surface area contributed by atoms with Gasteiger partial charge in [0.2, 0.25) is 0 Å². The molecule has 0 aromatic heterocycles. The van der Waals surface area contributed by atoms with Crippen molar-refractivity contribution < 1.29 is 9.53 Å². The summed E-state index contributed by atoms with van der Waals surface area (Å²) in [6.07, 6.45) is 0.817.